The maximum atomic E-state index is 13.3. The summed E-state index contributed by atoms with van der Waals surface area (Å²) in [7, 11) is 0. The molecule has 10 heteroatoms. The van der Waals surface area contributed by atoms with Gasteiger partial charge in [-0.1, -0.05) is 36.8 Å². The molecular weight excluding hydrogens is 522 g/mol. The lowest BCUT2D eigenvalue weighted by Gasteiger charge is -2.36. The molecule has 2 aromatic rings. The van der Waals surface area contributed by atoms with Crippen LogP contribution in [0.1, 0.15) is 77.1 Å². The first-order chi connectivity index (χ1) is 19.5. The molecular formula is C31H39N5O5. The van der Waals surface area contributed by atoms with E-state index in [1.165, 1.54) is 5.01 Å². The summed E-state index contributed by atoms with van der Waals surface area (Å²) < 4.78 is 5.84. The minimum atomic E-state index is -1.00. The number of cyclic esters (lactones) is 1. The highest BCUT2D eigenvalue weighted by Gasteiger charge is 2.40. The Morgan fingerprint density at radius 1 is 0.927 bits per heavy atom. The van der Waals surface area contributed by atoms with Crippen molar-refractivity contribution >= 4 is 40.7 Å². The van der Waals surface area contributed by atoms with Gasteiger partial charge in [0.1, 0.15) is 12.1 Å². The molecule has 1 aromatic heterocycles. The van der Waals surface area contributed by atoms with Crippen LogP contribution < -0.4 is 16.1 Å². The van der Waals surface area contributed by atoms with E-state index in [4.69, 9.17) is 9.72 Å². The standard InChI is InChI=1S/C31H39N5O5/c1-18-23-13-12-21-11-10-20(17-25(21)34-23)14-15-31(3,4)30(40)41-26(22-7-5-8-22)28(38)33-19(2)29(39)36-16-6-9-24(35-36)27(37)32-18/h10-15,17-19,22,24,26,35H,5-9,16H2,1-4H3,(H,32,37)(H,33,38)/b15-14-/t18-,19+,24+,26+/m1/s1. The molecule has 2 fully saturated rings. The van der Waals surface area contributed by atoms with Crippen molar-refractivity contribution in [1.82, 2.24) is 26.1 Å². The number of hydrogen-bond acceptors (Lipinski definition) is 7. The third-order valence-corrected chi connectivity index (χ3v) is 8.33. The Kier molecular flexibility index (Phi) is 8.13. The molecule has 41 heavy (non-hydrogen) atoms. The lowest BCUT2D eigenvalue weighted by Crippen LogP contribution is -2.61. The normalized spacial score (nSPS) is 28.8. The van der Waals surface area contributed by atoms with Crippen LogP contribution in [0.3, 0.4) is 0 Å². The van der Waals surface area contributed by atoms with Gasteiger partial charge in [0.15, 0.2) is 6.10 Å². The first-order valence-corrected chi connectivity index (χ1v) is 14.5. The van der Waals surface area contributed by atoms with Gasteiger partial charge in [-0.25, -0.2) is 5.43 Å². The molecule has 1 saturated carbocycles. The van der Waals surface area contributed by atoms with Crippen molar-refractivity contribution in [2.75, 3.05) is 6.54 Å². The first-order valence-electron chi connectivity index (χ1n) is 14.5. The van der Waals surface area contributed by atoms with E-state index in [1.54, 1.807) is 26.8 Å². The number of pyridine rings is 1. The number of hydrogen-bond donors (Lipinski definition) is 3. The number of hydrazine groups is 1. The third kappa shape index (κ3) is 6.27. The highest BCUT2D eigenvalue weighted by Crippen LogP contribution is 2.33. The van der Waals surface area contributed by atoms with Crippen LogP contribution in [-0.2, 0) is 23.9 Å². The fourth-order valence-electron chi connectivity index (χ4n) is 5.35. The van der Waals surface area contributed by atoms with Gasteiger partial charge in [-0.15, -0.1) is 0 Å². The molecule has 5 bridgehead atoms. The SMILES string of the molecule is C[C@@H]1NC(=O)[C@H](C2CCC2)OC(=O)C(C)(C)/C=C\c2ccc3ccc(nc3c2)[C@@H](C)NC(=O)[C@@H]2CCCN(N2)C1=O. The fourth-order valence-corrected chi connectivity index (χ4v) is 5.35. The maximum absolute atomic E-state index is 13.3. The van der Waals surface area contributed by atoms with Crippen LogP contribution >= 0.6 is 0 Å². The van der Waals surface area contributed by atoms with Gasteiger partial charge in [0.05, 0.1) is 22.7 Å². The molecule has 3 aliphatic rings. The monoisotopic (exact) mass is 561 g/mol. The summed E-state index contributed by atoms with van der Waals surface area (Å²) in [6.07, 6.45) is 6.35. The van der Waals surface area contributed by atoms with E-state index in [0.29, 0.717) is 25.1 Å². The summed E-state index contributed by atoms with van der Waals surface area (Å²) in [5.41, 5.74) is 4.38. The molecule has 5 rings (SSSR count). The van der Waals surface area contributed by atoms with Crippen LogP contribution in [0.15, 0.2) is 36.4 Å². The van der Waals surface area contributed by atoms with E-state index in [2.05, 4.69) is 16.1 Å². The molecule has 3 N–H and O–H groups in total. The third-order valence-electron chi connectivity index (χ3n) is 8.33. The van der Waals surface area contributed by atoms with Crippen LogP contribution in [0, 0.1) is 11.3 Å². The highest BCUT2D eigenvalue weighted by molar-refractivity contribution is 5.91. The number of ether oxygens (including phenoxy) is 1. The summed E-state index contributed by atoms with van der Waals surface area (Å²) in [6.45, 7) is 7.40. The van der Waals surface area contributed by atoms with E-state index >= 15 is 0 Å². The number of carbonyl (C=O) groups is 4. The number of benzene rings is 1. The molecule has 2 aliphatic heterocycles. The smallest absolute Gasteiger partial charge is 0.316 e. The Morgan fingerprint density at radius 3 is 2.39 bits per heavy atom. The summed E-state index contributed by atoms with van der Waals surface area (Å²) >= 11 is 0. The predicted molar refractivity (Wildman–Crippen MR) is 154 cm³/mol. The highest BCUT2D eigenvalue weighted by atomic mass is 16.5. The zero-order chi connectivity index (χ0) is 29.3. The van der Waals surface area contributed by atoms with E-state index < -0.39 is 35.5 Å². The summed E-state index contributed by atoms with van der Waals surface area (Å²) in [6, 6.07) is 7.88. The number of nitrogens with one attached hydrogen (secondary N) is 3. The minimum Gasteiger partial charge on any atom is -0.451 e. The second-order valence-corrected chi connectivity index (χ2v) is 12.0. The lowest BCUT2D eigenvalue weighted by atomic mass is 9.80. The van der Waals surface area contributed by atoms with E-state index in [0.717, 1.165) is 35.7 Å². The molecule has 3 heterocycles. The fraction of sp³-hybridized carbons (Fsp3) is 0.516. The van der Waals surface area contributed by atoms with Crippen LogP contribution in [0.2, 0.25) is 0 Å². The van der Waals surface area contributed by atoms with Crippen LogP contribution in [0.4, 0.5) is 0 Å². The quantitative estimate of drug-likeness (QED) is 0.456. The Bertz CT molecular complexity index is 1380. The molecule has 0 unspecified atom stereocenters. The van der Waals surface area contributed by atoms with Gasteiger partial charge >= 0.3 is 5.97 Å². The van der Waals surface area contributed by atoms with Gasteiger partial charge in [-0.05, 0) is 71.1 Å². The number of fused-ring (bicyclic) bond motifs is 4. The van der Waals surface area contributed by atoms with Crippen molar-refractivity contribution in [1.29, 1.82) is 0 Å². The summed E-state index contributed by atoms with van der Waals surface area (Å²) in [5.74, 6) is -1.67. The average Bonchev–Trinajstić information content (AvgIpc) is 2.93. The molecule has 1 saturated heterocycles. The molecule has 0 spiro atoms. The van der Waals surface area contributed by atoms with Gasteiger partial charge in [-0.2, -0.15) is 0 Å². The van der Waals surface area contributed by atoms with Crippen molar-refractivity contribution in [3.63, 3.8) is 0 Å². The second-order valence-electron chi connectivity index (χ2n) is 12.0. The van der Waals surface area contributed by atoms with Crippen molar-refractivity contribution in [2.24, 2.45) is 11.3 Å². The zero-order valence-electron chi connectivity index (χ0n) is 24.1. The number of nitrogens with zero attached hydrogens (tertiary/aromatic N) is 2. The topological polar surface area (TPSA) is 130 Å². The second kappa shape index (κ2) is 11.6. The number of carbonyl (C=O) groups excluding carboxylic acids is 4. The predicted octanol–water partition coefficient (Wildman–Crippen LogP) is 3.18. The minimum absolute atomic E-state index is 0.0911. The Morgan fingerprint density at radius 2 is 1.66 bits per heavy atom. The Hall–Kier alpha value is -3.79. The first kappa shape index (κ1) is 28.7. The Balaban J connectivity index is 1.48. The Labute approximate surface area is 240 Å². The average molecular weight is 562 g/mol. The van der Waals surface area contributed by atoms with Gasteiger partial charge in [0, 0.05) is 17.8 Å². The van der Waals surface area contributed by atoms with Crippen molar-refractivity contribution in [2.45, 2.75) is 84.0 Å². The van der Waals surface area contributed by atoms with E-state index in [1.807, 2.05) is 43.3 Å². The molecule has 1 aromatic carbocycles. The maximum Gasteiger partial charge on any atom is 0.316 e. The summed E-state index contributed by atoms with van der Waals surface area (Å²) in [5, 5.41) is 8.14. The molecule has 3 amide bonds. The number of esters is 1. The summed E-state index contributed by atoms with van der Waals surface area (Å²) in [4.78, 5) is 57.9. The van der Waals surface area contributed by atoms with Crippen molar-refractivity contribution < 1.29 is 23.9 Å². The van der Waals surface area contributed by atoms with Gasteiger partial charge in [-0.3, -0.25) is 29.2 Å². The molecule has 0 radical (unpaired) electrons. The van der Waals surface area contributed by atoms with Crippen LogP contribution in [-0.4, -0.2) is 58.4 Å². The van der Waals surface area contributed by atoms with Crippen LogP contribution in [0.5, 0.6) is 0 Å². The molecule has 10 nitrogen and oxygen atoms in total. The lowest BCUT2D eigenvalue weighted by molar-refractivity contribution is -0.168. The molecule has 4 atom stereocenters. The van der Waals surface area contributed by atoms with E-state index in [9.17, 15) is 19.2 Å². The van der Waals surface area contributed by atoms with Gasteiger partial charge < -0.3 is 15.4 Å². The van der Waals surface area contributed by atoms with Crippen LogP contribution in [0.25, 0.3) is 17.0 Å². The number of rotatable bonds is 1. The van der Waals surface area contributed by atoms with Gasteiger partial charge in [0.25, 0.3) is 11.8 Å². The number of aromatic nitrogens is 1. The molecule has 1 aliphatic carbocycles. The molecule has 218 valence electrons. The van der Waals surface area contributed by atoms with Gasteiger partial charge in [0.2, 0.25) is 5.91 Å². The largest absolute Gasteiger partial charge is 0.451 e. The van der Waals surface area contributed by atoms with E-state index in [-0.39, 0.29) is 23.8 Å². The zero-order valence-corrected chi connectivity index (χ0v) is 24.1. The number of amides is 3. The van der Waals surface area contributed by atoms with Crippen molar-refractivity contribution in [3.8, 4) is 0 Å². The van der Waals surface area contributed by atoms with Crippen molar-refractivity contribution in [3.05, 3.63) is 47.7 Å².